The van der Waals surface area contributed by atoms with E-state index >= 15 is 0 Å². The maximum absolute atomic E-state index is 13.4. The molecule has 0 radical (unpaired) electrons. The Kier molecular flexibility index (Phi) is 6.54. The first-order chi connectivity index (χ1) is 14.9. The summed E-state index contributed by atoms with van der Waals surface area (Å²) in [5.74, 6) is -1.51. The number of rotatable bonds is 6. The lowest BCUT2D eigenvalue weighted by Crippen LogP contribution is -2.52. The zero-order valence-corrected chi connectivity index (χ0v) is 18.3. The van der Waals surface area contributed by atoms with Crippen molar-refractivity contribution in [3.63, 3.8) is 0 Å². The van der Waals surface area contributed by atoms with Crippen molar-refractivity contribution in [3.05, 3.63) is 69.7 Å². The fraction of sp³-hybridized carbons (Fsp3) is 0.333. The van der Waals surface area contributed by atoms with Crippen molar-refractivity contribution in [1.29, 1.82) is 0 Å². The van der Waals surface area contributed by atoms with Crippen LogP contribution in [0.1, 0.15) is 28.9 Å². The van der Waals surface area contributed by atoms with Crippen LogP contribution in [0.4, 0.5) is 4.39 Å². The molecule has 10 heteroatoms. The summed E-state index contributed by atoms with van der Waals surface area (Å²) in [5.41, 5.74) is 6.94. The molecule has 4 rings (SSSR count). The van der Waals surface area contributed by atoms with E-state index < -0.39 is 23.1 Å². The largest absolute Gasteiger partial charge is 0.364 e. The van der Waals surface area contributed by atoms with Crippen molar-refractivity contribution in [2.24, 2.45) is 5.73 Å². The number of nitrogens with one attached hydrogen (secondary N) is 2. The summed E-state index contributed by atoms with van der Waals surface area (Å²) in [6.45, 7) is 2.58. The second kappa shape index (κ2) is 9.33. The number of aromatic nitrogens is 1. The SMILES string of the molecule is NC(=O)C1=CSC(NC(=O)c2ccc(F)c(Cl)c2)N1C1CCN(Cc2ccc[nH]2)CC1. The number of hydrogen-bond donors (Lipinski definition) is 3. The van der Waals surface area contributed by atoms with E-state index in [-0.39, 0.29) is 16.6 Å². The Morgan fingerprint density at radius 2 is 2.06 bits per heavy atom. The summed E-state index contributed by atoms with van der Waals surface area (Å²) in [4.78, 5) is 32.2. The number of H-pyrrole nitrogens is 1. The monoisotopic (exact) mass is 463 g/mol. The van der Waals surface area contributed by atoms with Crippen LogP contribution in [0.2, 0.25) is 5.02 Å². The molecule has 2 aliphatic rings. The van der Waals surface area contributed by atoms with E-state index in [1.165, 1.54) is 23.9 Å². The van der Waals surface area contributed by atoms with Gasteiger partial charge in [0.05, 0.1) is 5.02 Å². The molecule has 0 aliphatic carbocycles. The number of amides is 2. The van der Waals surface area contributed by atoms with Gasteiger partial charge < -0.3 is 20.9 Å². The lowest BCUT2D eigenvalue weighted by Gasteiger charge is -2.41. The minimum atomic E-state index is -0.584. The third kappa shape index (κ3) is 4.89. The van der Waals surface area contributed by atoms with Gasteiger partial charge in [0, 0.05) is 48.5 Å². The van der Waals surface area contributed by atoms with Crippen molar-refractivity contribution in [2.45, 2.75) is 30.9 Å². The number of halogens is 2. The van der Waals surface area contributed by atoms with E-state index in [4.69, 9.17) is 17.3 Å². The van der Waals surface area contributed by atoms with Gasteiger partial charge in [0.25, 0.3) is 11.8 Å². The summed E-state index contributed by atoms with van der Waals surface area (Å²) in [6.07, 6.45) is 3.58. The van der Waals surface area contributed by atoms with Crippen LogP contribution < -0.4 is 11.1 Å². The molecule has 1 fully saturated rings. The predicted octanol–water partition coefficient (Wildman–Crippen LogP) is 2.86. The Balaban J connectivity index is 1.43. The highest BCUT2D eigenvalue weighted by Gasteiger charge is 2.37. The van der Waals surface area contributed by atoms with E-state index in [0.29, 0.717) is 5.70 Å². The van der Waals surface area contributed by atoms with Gasteiger partial charge in [-0.2, -0.15) is 0 Å². The number of likely N-dealkylation sites (tertiary alicyclic amines) is 1. The average Bonchev–Trinajstić information content (AvgIpc) is 3.40. The van der Waals surface area contributed by atoms with Gasteiger partial charge in [-0.25, -0.2) is 4.39 Å². The number of aromatic amines is 1. The standard InChI is InChI=1S/C21H23ClFN5O2S/c22-16-10-13(3-4-17(16)23)20(30)26-21-28(18(12-31-21)19(24)29)15-5-8-27(9-6-15)11-14-2-1-7-25-14/h1-4,7,10,12,15,21,25H,5-6,8-9,11H2,(H2,24,29)(H,26,30). The Labute approximate surface area is 188 Å². The number of benzene rings is 1. The van der Waals surface area contributed by atoms with E-state index in [0.717, 1.165) is 44.2 Å². The molecule has 1 atom stereocenters. The van der Waals surface area contributed by atoms with Crippen LogP contribution in [0.5, 0.6) is 0 Å². The molecule has 1 saturated heterocycles. The summed E-state index contributed by atoms with van der Waals surface area (Å²) < 4.78 is 13.4. The fourth-order valence-corrected chi connectivity index (χ4v) is 5.22. The Bertz CT molecular complexity index is 992. The molecule has 164 valence electrons. The van der Waals surface area contributed by atoms with E-state index in [9.17, 15) is 14.0 Å². The van der Waals surface area contributed by atoms with Crippen LogP contribution in [-0.2, 0) is 11.3 Å². The van der Waals surface area contributed by atoms with Crippen LogP contribution in [0.15, 0.2) is 47.6 Å². The van der Waals surface area contributed by atoms with Gasteiger partial charge in [-0.15, -0.1) is 0 Å². The minimum absolute atomic E-state index is 0.0655. The summed E-state index contributed by atoms with van der Waals surface area (Å²) in [7, 11) is 0. The molecular weight excluding hydrogens is 441 g/mol. The molecular formula is C21H23ClFN5O2S. The minimum Gasteiger partial charge on any atom is -0.364 e. The number of nitrogens with zero attached hydrogens (tertiary/aromatic N) is 2. The maximum atomic E-state index is 13.4. The molecule has 4 N–H and O–H groups in total. The fourth-order valence-electron chi connectivity index (χ4n) is 3.95. The quantitative estimate of drug-likeness (QED) is 0.612. The highest BCUT2D eigenvalue weighted by Crippen LogP contribution is 2.35. The molecule has 2 aromatic rings. The number of nitrogens with two attached hydrogens (primary N) is 1. The number of hydrogen-bond acceptors (Lipinski definition) is 5. The smallest absolute Gasteiger partial charge is 0.265 e. The molecule has 31 heavy (non-hydrogen) atoms. The summed E-state index contributed by atoms with van der Waals surface area (Å²) in [6, 6.07) is 7.93. The van der Waals surface area contributed by atoms with Gasteiger partial charge in [-0.1, -0.05) is 23.4 Å². The van der Waals surface area contributed by atoms with E-state index in [2.05, 4.69) is 21.3 Å². The van der Waals surface area contributed by atoms with Gasteiger partial charge >= 0.3 is 0 Å². The molecule has 0 bridgehead atoms. The first kappa shape index (κ1) is 21.7. The molecule has 2 aliphatic heterocycles. The molecule has 1 unspecified atom stereocenters. The number of primary amides is 1. The van der Waals surface area contributed by atoms with Crippen molar-refractivity contribution in [3.8, 4) is 0 Å². The van der Waals surface area contributed by atoms with E-state index in [1.807, 2.05) is 17.2 Å². The second-order valence-electron chi connectivity index (χ2n) is 7.57. The molecule has 0 saturated carbocycles. The van der Waals surface area contributed by atoms with E-state index in [1.54, 1.807) is 5.41 Å². The third-order valence-electron chi connectivity index (χ3n) is 5.54. The van der Waals surface area contributed by atoms with Crippen LogP contribution >= 0.6 is 23.4 Å². The van der Waals surface area contributed by atoms with Crippen LogP contribution in [0.3, 0.4) is 0 Å². The van der Waals surface area contributed by atoms with Gasteiger partial charge in [-0.05, 0) is 43.2 Å². The zero-order valence-electron chi connectivity index (χ0n) is 16.7. The second-order valence-corrected chi connectivity index (χ2v) is 8.93. The number of thioether (sulfide) groups is 1. The molecule has 7 nitrogen and oxygen atoms in total. The van der Waals surface area contributed by atoms with Crippen molar-refractivity contribution < 1.29 is 14.0 Å². The first-order valence-corrected chi connectivity index (χ1v) is 11.3. The summed E-state index contributed by atoms with van der Waals surface area (Å²) >= 11 is 7.13. The Morgan fingerprint density at radius 1 is 1.29 bits per heavy atom. The van der Waals surface area contributed by atoms with Gasteiger partial charge in [-0.3, -0.25) is 14.5 Å². The van der Waals surface area contributed by atoms with Crippen molar-refractivity contribution in [2.75, 3.05) is 13.1 Å². The lowest BCUT2D eigenvalue weighted by molar-refractivity contribution is -0.116. The van der Waals surface area contributed by atoms with Crippen molar-refractivity contribution in [1.82, 2.24) is 20.1 Å². The van der Waals surface area contributed by atoms with Gasteiger partial charge in [0.15, 0.2) is 5.50 Å². The topological polar surface area (TPSA) is 94.5 Å². The van der Waals surface area contributed by atoms with Crippen LogP contribution in [0, 0.1) is 5.82 Å². The van der Waals surface area contributed by atoms with Gasteiger partial charge in [0.1, 0.15) is 11.5 Å². The van der Waals surface area contributed by atoms with Crippen LogP contribution in [0.25, 0.3) is 0 Å². The Hall–Kier alpha value is -2.49. The first-order valence-electron chi connectivity index (χ1n) is 9.96. The molecule has 2 amide bonds. The number of piperidine rings is 1. The highest BCUT2D eigenvalue weighted by atomic mass is 35.5. The highest BCUT2D eigenvalue weighted by molar-refractivity contribution is 8.02. The zero-order chi connectivity index (χ0) is 22.0. The normalized spacial score (nSPS) is 20.0. The average molecular weight is 464 g/mol. The maximum Gasteiger partial charge on any atom is 0.265 e. The third-order valence-corrected chi connectivity index (χ3v) is 6.79. The molecule has 1 aromatic carbocycles. The lowest BCUT2D eigenvalue weighted by atomic mass is 10.0. The molecule has 1 aromatic heterocycles. The van der Waals surface area contributed by atoms with Crippen LogP contribution in [-0.4, -0.2) is 51.2 Å². The predicted molar refractivity (Wildman–Crippen MR) is 118 cm³/mol. The van der Waals surface area contributed by atoms with Gasteiger partial charge in [0.2, 0.25) is 0 Å². The number of carbonyl (C=O) groups is 2. The number of carbonyl (C=O) groups excluding carboxylic acids is 2. The van der Waals surface area contributed by atoms with Crippen molar-refractivity contribution >= 4 is 35.2 Å². The molecule has 0 spiro atoms. The molecule has 3 heterocycles. The Morgan fingerprint density at radius 3 is 2.71 bits per heavy atom. The summed E-state index contributed by atoms with van der Waals surface area (Å²) in [5, 5.41) is 4.49.